The van der Waals surface area contributed by atoms with Crippen molar-refractivity contribution in [2.75, 3.05) is 26.2 Å². The van der Waals surface area contributed by atoms with Crippen LogP contribution in [0.4, 0.5) is 4.79 Å². The lowest BCUT2D eigenvalue weighted by atomic mass is 10.0. The van der Waals surface area contributed by atoms with Gasteiger partial charge in [-0.05, 0) is 11.1 Å². The lowest BCUT2D eigenvalue weighted by molar-refractivity contribution is -0.135. The molecular weight excluding hydrogens is 340 g/mol. The first kappa shape index (κ1) is 18.9. The van der Waals surface area contributed by atoms with Gasteiger partial charge in [0.05, 0.1) is 0 Å². The van der Waals surface area contributed by atoms with E-state index in [9.17, 15) is 9.59 Å². The lowest BCUT2D eigenvalue weighted by Gasteiger charge is -2.36. The fraction of sp³-hybridized carbons (Fsp3) is 0.333. The summed E-state index contributed by atoms with van der Waals surface area (Å²) in [5.41, 5.74) is 7.56. The van der Waals surface area contributed by atoms with Gasteiger partial charge in [-0.2, -0.15) is 0 Å². The summed E-state index contributed by atoms with van der Waals surface area (Å²) in [4.78, 5) is 28.5. The molecule has 3 N–H and O–H groups in total. The van der Waals surface area contributed by atoms with Gasteiger partial charge in [-0.25, -0.2) is 4.79 Å². The van der Waals surface area contributed by atoms with Crippen LogP contribution in [0, 0.1) is 0 Å². The molecule has 1 aliphatic heterocycles. The Morgan fingerprint density at radius 3 is 2.00 bits per heavy atom. The highest BCUT2D eigenvalue weighted by atomic mass is 16.2. The molecule has 1 heterocycles. The van der Waals surface area contributed by atoms with E-state index in [0.29, 0.717) is 19.5 Å². The molecule has 6 nitrogen and oxygen atoms in total. The van der Waals surface area contributed by atoms with Crippen LogP contribution in [-0.4, -0.2) is 54.0 Å². The van der Waals surface area contributed by atoms with E-state index in [0.717, 1.165) is 25.2 Å². The molecular formula is C21H26N4O2. The number of nitrogens with zero attached hydrogens (tertiary/aromatic N) is 2. The van der Waals surface area contributed by atoms with E-state index in [1.165, 1.54) is 5.56 Å². The first-order valence-corrected chi connectivity index (χ1v) is 9.27. The fourth-order valence-corrected chi connectivity index (χ4v) is 3.41. The number of urea groups is 1. The topological polar surface area (TPSA) is 78.7 Å². The molecule has 0 aliphatic carbocycles. The van der Waals surface area contributed by atoms with E-state index in [4.69, 9.17) is 5.73 Å². The molecule has 0 radical (unpaired) electrons. The zero-order valence-electron chi connectivity index (χ0n) is 15.4. The molecule has 27 heavy (non-hydrogen) atoms. The minimum absolute atomic E-state index is 0.0722. The van der Waals surface area contributed by atoms with Crippen LogP contribution in [0.1, 0.15) is 11.1 Å². The molecule has 2 aromatic rings. The third kappa shape index (κ3) is 5.56. The maximum absolute atomic E-state index is 12.9. The Morgan fingerprint density at radius 2 is 1.44 bits per heavy atom. The monoisotopic (exact) mass is 366 g/mol. The summed E-state index contributed by atoms with van der Waals surface area (Å²) in [7, 11) is 0. The van der Waals surface area contributed by atoms with E-state index in [2.05, 4.69) is 22.3 Å². The van der Waals surface area contributed by atoms with Crippen LogP contribution >= 0.6 is 0 Å². The number of carbonyl (C=O) groups is 2. The van der Waals surface area contributed by atoms with Crippen molar-refractivity contribution in [1.29, 1.82) is 0 Å². The van der Waals surface area contributed by atoms with Gasteiger partial charge < -0.3 is 16.0 Å². The van der Waals surface area contributed by atoms with Crippen LogP contribution in [0.15, 0.2) is 60.7 Å². The summed E-state index contributed by atoms with van der Waals surface area (Å²) in [5.74, 6) is -0.0722. The molecule has 1 atom stereocenters. The summed E-state index contributed by atoms with van der Waals surface area (Å²) in [6.07, 6.45) is 0.437. The average Bonchev–Trinajstić information content (AvgIpc) is 2.69. The summed E-state index contributed by atoms with van der Waals surface area (Å²) >= 11 is 0. The van der Waals surface area contributed by atoms with Crippen molar-refractivity contribution in [3.8, 4) is 0 Å². The summed E-state index contributed by atoms with van der Waals surface area (Å²) in [5, 5.41) is 2.61. The molecule has 3 rings (SSSR count). The molecule has 0 spiro atoms. The van der Waals surface area contributed by atoms with Crippen molar-refractivity contribution in [1.82, 2.24) is 15.1 Å². The largest absolute Gasteiger partial charge is 0.352 e. The van der Waals surface area contributed by atoms with Crippen molar-refractivity contribution < 1.29 is 9.59 Å². The zero-order valence-corrected chi connectivity index (χ0v) is 15.4. The highest BCUT2D eigenvalue weighted by molar-refractivity contribution is 5.87. The smallest absolute Gasteiger partial charge is 0.312 e. The fourth-order valence-electron chi connectivity index (χ4n) is 3.41. The second-order valence-corrected chi connectivity index (χ2v) is 6.84. The van der Waals surface area contributed by atoms with Gasteiger partial charge in [0.1, 0.15) is 6.04 Å². The minimum Gasteiger partial charge on any atom is -0.352 e. The molecule has 1 saturated heterocycles. The van der Waals surface area contributed by atoms with Crippen molar-refractivity contribution in [3.05, 3.63) is 71.8 Å². The molecule has 6 heteroatoms. The molecule has 0 saturated carbocycles. The van der Waals surface area contributed by atoms with Gasteiger partial charge in [0, 0.05) is 39.1 Å². The van der Waals surface area contributed by atoms with E-state index < -0.39 is 12.1 Å². The Hall–Kier alpha value is -2.86. The minimum atomic E-state index is -0.674. The van der Waals surface area contributed by atoms with Crippen molar-refractivity contribution >= 4 is 11.9 Å². The predicted octanol–water partition coefficient (Wildman–Crippen LogP) is 1.61. The molecule has 0 aromatic heterocycles. The van der Waals surface area contributed by atoms with E-state index in [1.54, 1.807) is 0 Å². The zero-order chi connectivity index (χ0) is 19.1. The number of amides is 3. The van der Waals surface area contributed by atoms with Crippen LogP contribution in [-0.2, 0) is 17.8 Å². The Balaban J connectivity index is 1.57. The predicted molar refractivity (Wildman–Crippen MR) is 105 cm³/mol. The highest BCUT2D eigenvalue weighted by Gasteiger charge is 2.28. The Labute approximate surface area is 159 Å². The number of primary amides is 1. The molecule has 1 fully saturated rings. The maximum Gasteiger partial charge on any atom is 0.312 e. The number of hydrogen-bond acceptors (Lipinski definition) is 3. The third-order valence-corrected chi connectivity index (χ3v) is 4.83. The quantitative estimate of drug-likeness (QED) is 0.815. The maximum atomic E-state index is 12.9. The standard InChI is InChI=1S/C21H26N4O2/c22-21(27)23-19(15-17-7-3-1-4-8-17)20(26)25-13-11-24(12-14-25)16-18-9-5-2-6-10-18/h1-10,19H,11-16H2,(H3,22,23,27). The molecule has 142 valence electrons. The third-order valence-electron chi connectivity index (χ3n) is 4.83. The van der Waals surface area contributed by atoms with Crippen LogP contribution in [0.3, 0.4) is 0 Å². The molecule has 1 aliphatic rings. The summed E-state index contributed by atoms with van der Waals surface area (Å²) in [6, 6.07) is 18.7. The van der Waals surface area contributed by atoms with Gasteiger partial charge in [-0.3, -0.25) is 9.69 Å². The van der Waals surface area contributed by atoms with Gasteiger partial charge in [0.15, 0.2) is 0 Å². The number of benzene rings is 2. The molecule has 3 amide bonds. The average molecular weight is 366 g/mol. The SMILES string of the molecule is NC(=O)NC(Cc1ccccc1)C(=O)N1CCN(Cc2ccccc2)CC1. The van der Waals surface area contributed by atoms with Crippen molar-refractivity contribution in [2.24, 2.45) is 5.73 Å². The number of carbonyl (C=O) groups excluding carboxylic acids is 2. The molecule has 2 aromatic carbocycles. The van der Waals surface area contributed by atoms with E-state index >= 15 is 0 Å². The second-order valence-electron chi connectivity index (χ2n) is 6.84. The number of nitrogens with two attached hydrogens (primary N) is 1. The number of hydrogen-bond donors (Lipinski definition) is 2. The van der Waals surface area contributed by atoms with E-state index in [1.807, 2.05) is 53.4 Å². The van der Waals surface area contributed by atoms with Gasteiger partial charge in [-0.15, -0.1) is 0 Å². The Bertz CT molecular complexity index is 743. The van der Waals surface area contributed by atoms with Crippen LogP contribution in [0.5, 0.6) is 0 Å². The summed E-state index contributed by atoms with van der Waals surface area (Å²) in [6.45, 7) is 3.81. The Kier molecular flexibility index (Phi) is 6.44. The van der Waals surface area contributed by atoms with Gasteiger partial charge in [0.2, 0.25) is 5.91 Å². The number of rotatable bonds is 6. The van der Waals surface area contributed by atoms with Gasteiger partial charge >= 0.3 is 6.03 Å². The summed E-state index contributed by atoms with van der Waals surface area (Å²) < 4.78 is 0. The van der Waals surface area contributed by atoms with Gasteiger partial charge in [-0.1, -0.05) is 60.7 Å². The normalized spacial score (nSPS) is 15.9. The number of nitrogens with one attached hydrogen (secondary N) is 1. The van der Waals surface area contributed by atoms with Crippen LogP contribution in [0.25, 0.3) is 0 Å². The lowest BCUT2D eigenvalue weighted by Crippen LogP contribution is -2.56. The molecule has 1 unspecified atom stereocenters. The van der Waals surface area contributed by atoms with Gasteiger partial charge in [0.25, 0.3) is 0 Å². The second kappa shape index (κ2) is 9.19. The molecule has 0 bridgehead atoms. The van der Waals surface area contributed by atoms with E-state index in [-0.39, 0.29) is 5.91 Å². The van der Waals surface area contributed by atoms with Crippen LogP contribution in [0.2, 0.25) is 0 Å². The first-order chi connectivity index (χ1) is 13.1. The number of piperazine rings is 1. The van der Waals surface area contributed by atoms with Crippen LogP contribution < -0.4 is 11.1 Å². The highest BCUT2D eigenvalue weighted by Crippen LogP contribution is 2.11. The Morgan fingerprint density at radius 1 is 0.889 bits per heavy atom. The van der Waals surface area contributed by atoms with Crippen molar-refractivity contribution in [2.45, 2.75) is 19.0 Å². The first-order valence-electron chi connectivity index (χ1n) is 9.27. The van der Waals surface area contributed by atoms with Crippen molar-refractivity contribution in [3.63, 3.8) is 0 Å².